The van der Waals surface area contributed by atoms with Crippen LogP contribution in [0.4, 0.5) is 5.82 Å². The molecule has 0 aliphatic carbocycles. The summed E-state index contributed by atoms with van der Waals surface area (Å²) in [5.74, 6) is -0.361. The average molecular weight is 291 g/mol. The van der Waals surface area contributed by atoms with Gasteiger partial charge in [0.05, 0.1) is 12.2 Å². The van der Waals surface area contributed by atoms with Crippen LogP contribution in [0, 0.1) is 13.8 Å². The number of hydrogen-bond donors (Lipinski definition) is 3. The minimum absolute atomic E-state index is 0.170. The number of nitrogens with zero attached hydrogens (tertiary/aromatic N) is 4. The molecule has 1 unspecified atom stereocenters. The zero-order chi connectivity index (χ0) is 15.6. The standard InChI is InChI=1S/C13H17N5O3/c1-8-6-9(2)18(17-8)11-5-4-10(15-16-11)14-7-13(3,21)12(19)20/h4-6,21H,7H2,1-3H3,(H,14,15)(H,19,20). The molecule has 0 radical (unpaired) electrons. The molecule has 0 fully saturated rings. The number of aliphatic carboxylic acids is 1. The molecule has 112 valence electrons. The zero-order valence-corrected chi connectivity index (χ0v) is 12.0. The van der Waals surface area contributed by atoms with E-state index in [2.05, 4.69) is 20.6 Å². The number of aromatic nitrogens is 4. The molecule has 0 spiro atoms. The Morgan fingerprint density at radius 2 is 2.10 bits per heavy atom. The van der Waals surface area contributed by atoms with Gasteiger partial charge in [-0.25, -0.2) is 9.48 Å². The Kier molecular flexibility index (Phi) is 3.90. The normalized spacial score (nSPS) is 13.7. The van der Waals surface area contributed by atoms with Crippen molar-refractivity contribution in [3.63, 3.8) is 0 Å². The van der Waals surface area contributed by atoms with Gasteiger partial charge in [-0.15, -0.1) is 10.2 Å². The molecule has 8 heteroatoms. The van der Waals surface area contributed by atoms with Crippen molar-refractivity contribution in [2.45, 2.75) is 26.4 Å². The number of rotatable bonds is 5. The fourth-order valence-corrected chi connectivity index (χ4v) is 1.73. The quantitative estimate of drug-likeness (QED) is 0.736. The van der Waals surface area contributed by atoms with Gasteiger partial charge in [0.2, 0.25) is 0 Å². The van der Waals surface area contributed by atoms with Crippen molar-refractivity contribution < 1.29 is 15.0 Å². The summed E-state index contributed by atoms with van der Waals surface area (Å²) in [6.07, 6.45) is 0. The molecule has 0 saturated carbocycles. The van der Waals surface area contributed by atoms with Crippen LogP contribution in [0.1, 0.15) is 18.3 Å². The van der Waals surface area contributed by atoms with E-state index >= 15 is 0 Å². The first kappa shape index (κ1) is 14.9. The topological polar surface area (TPSA) is 113 Å². The van der Waals surface area contributed by atoms with Crippen LogP contribution in [0.5, 0.6) is 0 Å². The second kappa shape index (κ2) is 5.49. The van der Waals surface area contributed by atoms with Crippen LogP contribution in [0.25, 0.3) is 5.82 Å². The molecular formula is C13H17N5O3. The summed E-state index contributed by atoms with van der Waals surface area (Å²) in [6.45, 7) is 4.84. The van der Waals surface area contributed by atoms with Gasteiger partial charge in [-0.1, -0.05) is 0 Å². The molecule has 1 atom stereocenters. The van der Waals surface area contributed by atoms with E-state index in [0.29, 0.717) is 11.6 Å². The number of carboxylic acid groups (broad SMARTS) is 1. The third-order valence-corrected chi connectivity index (χ3v) is 2.95. The molecule has 8 nitrogen and oxygen atoms in total. The first-order valence-corrected chi connectivity index (χ1v) is 6.36. The molecule has 0 aliphatic heterocycles. The highest BCUT2D eigenvalue weighted by molar-refractivity contribution is 5.77. The van der Waals surface area contributed by atoms with Crippen LogP contribution in [0.2, 0.25) is 0 Å². The summed E-state index contributed by atoms with van der Waals surface area (Å²) in [4.78, 5) is 10.8. The minimum Gasteiger partial charge on any atom is -0.479 e. The van der Waals surface area contributed by atoms with Gasteiger partial charge < -0.3 is 15.5 Å². The number of carbonyl (C=O) groups is 1. The van der Waals surface area contributed by atoms with Crippen LogP contribution in [-0.4, -0.2) is 48.3 Å². The molecule has 0 amide bonds. The van der Waals surface area contributed by atoms with Crippen molar-refractivity contribution in [3.8, 4) is 5.82 Å². The van der Waals surface area contributed by atoms with Gasteiger partial charge in [-0.3, -0.25) is 0 Å². The monoisotopic (exact) mass is 291 g/mol. The predicted octanol–water partition coefficient (Wildman–Crippen LogP) is 0.527. The lowest BCUT2D eigenvalue weighted by atomic mass is 10.1. The van der Waals surface area contributed by atoms with E-state index in [1.807, 2.05) is 19.9 Å². The van der Waals surface area contributed by atoms with Gasteiger partial charge in [-0.2, -0.15) is 5.10 Å². The molecule has 0 saturated heterocycles. The largest absolute Gasteiger partial charge is 0.479 e. The number of anilines is 1. The van der Waals surface area contributed by atoms with E-state index in [0.717, 1.165) is 11.4 Å². The highest BCUT2D eigenvalue weighted by Crippen LogP contribution is 2.11. The average Bonchev–Trinajstić information content (AvgIpc) is 2.76. The van der Waals surface area contributed by atoms with Crippen molar-refractivity contribution in [1.82, 2.24) is 20.0 Å². The summed E-state index contributed by atoms with van der Waals surface area (Å²) < 4.78 is 1.67. The SMILES string of the molecule is Cc1cc(C)n(-c2ccc(NCC(C)(O)C(=O)O)nn2)n1. The Hall–Kier alpha value is -2.48. The van der Waals surface area contributed by atoms with Crippen LogP contribution < -0.4 is 5.32 Å². The lowest BCUT2D eigenvalue weighted by Crippen LogP contribution is -2.41. The number of aliphatic hydroxyl groups is 1. The summed E-state index contributed by atoms with van der Waals surface area (Å²) in [7, 11) is 0. The van der Waals surface area contributed by atoms with Gasteiger partial charge in [0, 0.05) is 5.69 Å². The Morgan fingerprint density at radius 1 is 1.38 bits per heavy atom. The van der Waals surface area contributed by atoms with E-state index in [4.69, 9.17) is 5.11 Å². The van der Waals surface area contributed by atoms with Gasteiger partial charge in [-0.05, 0) is 39.0 Å². The third kappa shape index (κ3) is 3.34. The van der Waals surface area contributed by atoms with Crippen molar-refractivity contribution >= 4 is 11.8 Å². The first-order valence-electron chi connectivity index (χ1n) is 6.36. The zero-order valence-electron chi connectivity index (χ0n) is 12.0. The Balaban J connectivity index is 2.09. The van der Waals surface area contributed by atoms with Crippen LogP contribution in [-0.2, 0) is 4.79 Å². The van der Waals surface area contributed by atoms with Crippen LogP contribution in [0.15, 0.2) is 18.2 Å². The van der Waals surface area contributed by atoms with E-state index in [1.165, 1.54) is 6.92 Å². The smallest absolute Gasteiger partial charge is 0.337 e. The molecule has 2 heterocycles. The van der Waals surface area contributed by atoms with E-state index in [9.17, 15) is 9.90 Å². The Bertz CT molecular complexity index is 648. The molecule has 0 bridgehead atoms. The van der Waals surface area contributed by atoms with Crippen molar-refractivity contribution in [1.29, 1.82) is 0 Å². The first-order chi connectivity index (χ1) is 9.79. The Morgan fingerprint density at radius 3 is 2.57 bits per heavy atom. The van der Waals surface area contributed by atoms with Gasteiger partial charge in [0.25, 0.3) is 0 Å². The summed E-state index contributed by atoms with van der Waals surface area (Å²) in [6, 6.07) is 5.29. The number of nitrogens with one attached hydrogen (secondary N) is 1. The van der Waals surface area contributed by atoms with E-state index in [1.54, 1.807) is 16.8 Å². The molecule has 2 rings (SSSR count). The second-order valence-corrected chi connectivity index (χ2v) is 5.05. The summed E-state index contributed by atoms with van der Waals surface area (Å²) in [5, 5.41) is 33.4. The molecule has 2 aromatic heterocycles. The number of hydrogen-bond acceptors (Lipinski definition) is 6. The highest BCUT2D eigenvalue weighted by Gasteiger charge is 2.29. The van der Waals surface area contributed by atoms with Gasteiger partial charge in [0.1, 0.15) is 5.82 Å². The molecule has 21 heavy (non-hydrogen) atoms. The lowest BCUT2D eigenvalue weighted by molar-refractivity contribution is -0.155. The van der Waals surface area contributed by atoms with Gasteiger partial charge in [0.15, 0.2) is 11.4 Å². The van der Waals surface area contributed by atoms with E-state index in [-0.39, 0.29) is 6.54 Å². The van der Waals surface area contributed by atoms with Crippen molar-refractivity contribution in [2.75, 3.05) is 11.9 Å². The maximum atomic E-state index is 10.8. The minimum atomic E-state index is -1.87. The lowest BCUT2D eigenvalue weighted by Gasteiger charge is -2.18. The molecule has 0 aromatic carbocycles. The maximum absolute atomic E-state index is 10.8. The van der Waals surface area contributed by atoms with Crippen molar-refractivity contribution in [2.24, 2.45) is 0 Å². The summed E-state index contributed by atoms with van der Waals surface area (Å²) in [5.41, 5.74) is -0.0407. The number of aryl methyl sites for hydroxylation is 2. The maximum Gasteiger partial charge on any atom is 0.337 e. The van der Waals surface area contributed by atoms with Crippen molar-refractivity contribution in [3.05, 3.63) is 29.6 Å². The van der Waals surface area contributed by atoms with Crippen LogP contribution in [0.3, 0.4) is 0 Å². The summed E-state index contributed by atoms with van der Waals surface area (Å²) >= 11 is 0. The van der Waals surface area contributed by atoms with E-state index < -0.39 is 11.6 Å². The molecule has 3 N–H and O–H groups in total. The molecule has 0 aliphatic rings. The number of carboxylic acids is 1. The fourth-order valence-electron chi connectivity index (χ4n) is 1.73. The third-order valence-electron chi connectivity index (χ3n) is 2.95. The Labute approximate surface area is 121 Å². The fraction of sp³-hybridized carbons (Fsp3) is 0.385. The second-order valence-electron chi connectivity index (χ2n) is 5.05. The van der Waals surface area contributed by atoms with Gasteiger partial charge >= 0.3 is 5.97 Å². The van der Waals surface area contributed by atoms with Crippen LogP contribution >= 0.6 is 0 Å². The highest BCUT2D eigenvalue weighted by atomic mass is 16.4. The molecular weight excluding hydrogens is 274 g/mol. The predicted molar refractivity (Wildman–Crippen MR) is 75.4 cm³/mol. The molecule has 2 aromatic rings.